The van der Waals surface area contributed by atoms with Crippen molar-refractivity contribution in [2.45, 2.75) is 24.2 Å². The lowest BCUT2D eigenvalue weighted by molar-refractivity contribution is 0.203. The molecular formula is C12H13BrF2O2S. The SMILES string of the molecule is O=S(=O)(CC1(CBr)CCC1)c1ccc(F)cc1F. The van der Waals surface area contributed by atoms with Gasteiger partial charge in [-0.1, -0.05) is 22.4 Å². The molecule has 0 saturated heterocycles. The molecule has 0 N–H and O–H groups in total. The van der Waals surface area contributed by atoms with Crippen LogP contribution in [0.4, 0.5) is 8.78 Å². The highest BCUT2D eigenvalue weighted by Gasteiger charge is 2.41. The summed E-state index contributed by atoms with van der Waals surface area (Å²) in [6.07, 6.45) is 2.63. The van der Waals surface area contributed by atoms with Gasteiger partial charge in [0.2, 0.25) is 0 Å². The Morgan fingerprint density at radius 3 is 2.39 bits per heavy atom. The third kappa shape index (κ3) is 2.59. The highest BCUT2D eigenvalue weighted by Crippen LogP contribution is 2.44. The monoisotopic (exact) mass is 338 g/mol. The van der Waals surface area contributed by atoms with Crippen molar-refractivity contribution in [1.82, 2.24) is 0 Å². The smallest absolute Gasteiger partial charge is 0.181 e. The van der Waals surface area contributed by atoms with Gasteiger partial charge in [-0.3, -0.25) is 0 Å². The zero-order valence-corrected chi connectivity index (χ0v) is 12.0. The third-order valence-corrected chi connectivity index (χ3v) is 6.61. The van der Waals surface area contributed by atoms with Crippen LogP contribution >= 0.6 is 15.9 Å². The molecule has 1 saturated carbocycles. The standard InChI is InChI=1S/C12H13BrF2O2S/c13-7-12(4-1-5-12)8-18(16,17)11-3-2-9(14)6-10(11)15/h2-3,6H,1,4-5,7-8H2. The molecule has 2 rings (SSSR count). The van der Waals surface area contributed by atoms with Gasteiger partial charge < -0.3 is 0 Å². The summed E-state index contributed by atoms with van der Waals surface area (Å²) in [6.45, 7) is 0. The summed E-state index contributed by atoms with van der Waals surface area (Å²) in [5.74, 6) is -1.88. The molecule has 0 aliphatic heterocycles. The predicted molar refractivity (Wildman–Crippen MR) is 68.5 cm³/mol. The fourth-order valence-corrected chi connectivity index (χ4v) is 5.21. The average Bonchev–Trinajstić information content (AvgIpc) is 2.23. The first kappa shape index (κ1) is 13.9. The van der Waals surface area contributed by atoms with E-state index in [0.29, 0.717) is 11.4 Å². The van der Waals surface area contributed by atoms with Crippen LogP contribution in [0.3, 0.4) is 0 Å². The first-order valence-electron chi connectivity index (χ1n) is 5.62. The topological polar surface area (TPSA) is 34.1 Å². The van der Waals surface area contributed by atoms with E-state index in [-0.39, 0.29) is 11.2 Å². The lowest BCUT2D eigenvalue weighted by Crippen LogP contribution is -2.38. The van der Waals surface area contributed by atoms with Crippen molar-refractivity contribution in [3.05, 3.63) is 29.8 Å². The van der Waals surface area contributed by atoms with E-state index in [4.69, 9.17) is 0 Å². The number of benzene rings is 1. The van der Waals surface area contributed by atoms with Crippen LogP contribution in [0.25, 0.3) is 0 Å². The Bertz CT molecular complexity index is 548. The summed E-state index contributed by atoms with van der Waals surface area (Å²) < 4.78 is 50.6. The van der Waals surface area contributed by atoms with Crippen molar-refractivity contribution >= 4 is 25.8 Å². The molecule has 0 unspecified atom stereocenters. The van der Waals surface area contributed by atoms with Crippen LogP contribution in [-0.4, -0.2) is 19.5 Å². The maximum absolute atomic E-state index is 13.5. The van der Waals surface area contributed by atoms with E-state index in [9.17, 15) is 17.2 Å². The second-order valence-corrected chi connectivity index (χ2v) is 7.34. The van der Waals surface area contributed by atoms with Gasteiger partial charge in [-0.25, -0.2) is 17.2 Å². The number of rotatable bonds is 4. The van der Waals surface area contributed by atoms with E-state index < -0.39 is 26.4 Å². The number of hydrogen-bond donors (Lipinski definition) is 0. The van der Waals surface area contributed by atoms with E-state index in [0.717, 1.165) is 31.4 Å². The Morgan fingerprint density at radius 1 is 1.28 bits per heavy atom. The van der Waals surface area contributed by atoms with Crippen LogP contribution in [0.5, 0.6) is 0 Å². The van der Waals surface area contributed by atoms with Gasteiger partial charge in [0.1, 0.15) is 16.5 Å². The molecule has 6 heteroatoms. The number of alkyl halides is 1. The highest BCUT2D eigenvalue weighted by atomic mass is 79.9. The maximum atomic E-state index is 13.5. The van der Waals surface area contributed by atoms with Crippen molar-refractivity contribution in [3.63, 3.8) is 0 Å². The Morgan fingerprint density at radius 2 is 1.94 bits per heavy atom. The van der Waals surface area contributed by atoms with E-state index >= 15 is 0 Å². The van der Waals surface area contributed by atoms with Crippen molar-refractivity contribution in [1.29, 1.82) is 0 Å². The summed E-state index contributed by atoms with van der Waals surface area (Å²) in [5, 5.41) is 0.585. The van der Waals surface area contributed by atoms with Crippen molar-refractivity contribution in [3.8, 4) is 0 Å². The van der Waals surface area contributed by atoms with E-state index in [1.54, 1.807) is 0 Å². The molecule has 1 aromatic rings. The number of hydrogen-bond acceptors (Lipinski definition) is 2. The molecule has 0 amide bonds. The molecule has 100 valence electrons. The molecule has 0 bridgehead atoms. The fourth-order valence-electron chi connectivity index (χ4n) is 2.20. The van der Waals surface area contributed by atoms with Gasteiger partial charge >= 0.3 is 0 Å². The zero-order valence-electron chi connectivity index (χ0n) is 9.63. The van der Waals surface area contributed by atoms with Crippen molar-refractivity contribution < 1.29 is 17.2 Å². The van der Waals surface area contributed by atoms with Gasteiger partial charge in [-0.2, -0.15) is 0 Å². The van der Waals surface area contributed by atoms with Crippen LogP contribution in [0.1, 0.15) is 19.3 Å². The Kier molecular flexibility index (Phi) is 3.78. The lowest BCUT2D eigenvalue weighted by atomic mass is 9.72. The minimum Gasteiger partial charge on any atom is -0.224 e. The molecule has 2 nitrogen and oxygen atoms in total. The summed E-state index contributed by atoms with van der Waals surface area (Å²) in [6, 6.07) is 2.58. The Labute approximate surface area is 113 Å². The molecule has 0 atom stereocenters. The normalized spacial score (nSPS) is 18.4. The molecule has 0 heterocycles. The molecule has 0 radical (unpaired) electrons. The van der Waals surface area contributed by atoms with Crippen LogP contribution < -0.4 is 0 Å². The van der Waals surface area contributed by atoms with Crippen LogP contribution in [-0.2, 0) is 9.84 Å². The molecule has 0 aromatic heterocycles. The molecule has 1 aliphatic rings. The minimum atomic E-state index is -3.71. The van der Waals surface area contributed by atoms with E-state index in [1.165, 1.54) is 0 Å². The summed E-state index contributed by atoms with van der Waals surface area (Å²) in [7, 11) is -3.71. The largest absolute Gasteiger partial charge is 0.224 e. The average molecular weight is 339 g/mol. The molecule has 1 fully saturated rings. The van der Waals surface area contributed by atoms with Crippen molar-refractivity contribution in [2.24, 2.45) is 5.41 Å². The van der Waals surface area contributed by atoms with Gasteiger partial charge in [0.15, 0.2) is 9.84 Å². The maximum Gasteiger partial charge on any atom is 0.181 e. The Balaban J connectivity index is 2.31. The first-order chi connectivity index (χ1) is 8.38. The summed E-state index contributed by atoms with van der Waals surface area (Å²) in [4.78, 5) is -0.406. The molecule has 0 spiro atoms. The Hall–Kier alpha value is -0.490. The number of halogens is 3. The fraction of sp³-hybridized carbons (Fsp3) is 0.500. The second-order valence-electron chi connectivity index (χ2n) is 4.82. The summed E-state index contributed by atoms with van der Waals surface area (Å²) >= 11 is 3.32. The van der Waals surface area contributed by atoms with E-state index in [1.807, 2.05) is 0 Å². The quantitative estimate of drug-likeness (QED) is 0.623. The van der Waals surface area contributed by atoms with Gasteiger partial charge in [-0.15, -0.1) is 0 Å². The highest BCUT2D eigenvalue weighted by molar-refractivity contribution is 9.09. The molecule has 1 aliphatic carbocycles. The van der Waals surface area contributed by atoms with Gasteiger partial charge in [-0.05, 0) is 30.4 Å². The molecule has 1 aromatic carbocycles. The zero-order chi connectivity index (χ0) is 13.4. The second kappa shape index (κ2) is 4.89. The predicted octanol–water partition coefficient (Wildman–Crippen LogP) is 3.30. The van der Waals surface area contributed by atoms with Crippen LogP contribution in [0.15, 0.2) is 23.1 Å². The summed E-state index contributed by atoms with van der Waals surface area (Å²) in [5.41, 5.74) is -0.292. The third-order valence-electron chi connectivity index (χ3n) is 3.42. The van der Waals surface area contributed by atoms with E-state index in [2.05, 4.69) is 15.9 Å². The van der Waals surface area contributed by atoms with Gasteiger partial charge in [0.05, 0.1) is 5.75 Å². The first-order valence-corrected chi connectivity index (χ1v) is 8.40. The van der Waals surface area contributed by atoms with Gasteiger partial charge in [0.25, 0.3) is 0 Å². The van der Waals surface area contributed by atoms with Crippen LogP contribution in [0, 0.1) is 17.0 Å². The minimum absolute atomic E-state index is 0.0895. The van der Waals surface area contributed by atoms with Crippen molar-refractivity contribution in [2.75, 3.05) is 11.1 Å². The van der Waals surface area contributed by atoms with Crippen LogP contribution in [0.2, 0.25) is 0 Å². The molecule has 18 heavy (non-hydrogen) atoms. The van der Waals surface area contributed by atoms with Gasteiger partial charge in [0, 0.05) is 11.4 Å². The molecular weight excluding hydrogens is 326 g/mol. The number of sulfone groups is 1. The lowest BCUT2D eigenvalue weighted by Gasteiger charge is -2.40.